The van der Waals surface area contributed by atoms with Gasteiger partial charge in [0.25, 0.3) is 0 Å². The molecule has 0 fully saturated rings. The highest BCUT2D eigenvalue weighted by molar-refractivity contribution is 9.10. The molecule has 0 heterocycles. The van der Waals surface area contributed by atoms with Crippen molar-refractivity contribution in [2.45, 2.75) is 47.0 Å². The first kappa shape index (κ1) is 29.1. The number of esters is 2. The van der Waals surface area contributed by atoms with Gasteiger partial charge in [0.2, 0.25) is 0 Å². The van der Waals surface area contributed by atoms with Crippen LogP contribution in [-0.2, 0) is 31.9 Å². The van der Waals surface area contributed by atoms with Gasteiger partial charge in [0, 0.05) is 21.4 Å². The van der Waals surface area contributed by atoms with Gasteiger partial charge in [-0.1, -0.05) is 69.6 Å². The molecule has 2 aromatic rings. The van der Waals surface area contributed by atoms with Gasteiger partial charge in [0.15, 0.2) is 0 Å². The van der Waals surface area contributed by atoms with Crippen LogP contribution in [0, 0.1) is 0 Å². The fraction of sp³-hybridized carbons (Fsp3) is 0.360. The topological polar surface area (TPSA) is 52.6 Å². The van der Waals surface area contributed by atoms with Crippen LogP contribution in [0.25, 0.3) is 0 Å². The minimum atomic E-state index is -0.285. The average molecular weight is 556 g/mol. The van der Waals surface area contributed by atoms with E-state index in [4.69, 9.17) is 9.47 Å². The second-order valence-electron chi connectivity index (χ2n) is 6.28. The smallest absolute Gasteiger partial charge is 0.330 e. The SMILES string of the molecule is C.CCOC(=O)/C=C/Cc1cccc(Br)c1.CCOC(=O)CCCc1cccc(Br)c1. The number of carbonyl (C=O) groups excluding carboxylic acids is 2. The number of carbonyl (C=O) groups is 2. The summed E-state index contributed by atoms with van der Waals surface area (Å²) in [6, 6.07) is 16.1. The third kappa shape index (κ3) is 14.7. The molecule has 4 nitrogen and oxygen atoms in total. The van der Waals surface area contributed by atoms with Gasteiger partial charge >= 0.3 is 11.9 Å². The summed E-state index contributed by atoms with van der Waals surface area (Å²) in [5, 5.41) is 0. The van der Waals surface area contributed by atoms with Crippen molar-refractivity contribution in [3.8, 4) is 0 Å². The maximum absolute atomic E-state index is 11.1. The molecule has 0 N–H and O–H groups in total. The Bertz CT molecular complexity index is 819. The molecule has 0 amide bonds. The van der Waals surface area contributed by atoms with Crippen molar-refractivity contribution >= 4 is 43.8 Å². The maximum Gasteiger partial charge on any atom is 0.330 e. The second kappa shape index (κ2) is 17.7. The van der Waals surface area contributed by atoms with Crippen LogP contribution in [0.15, 0.2) is 69.6 Å². The van der Waals surface area contributed by atoms with Gasteiger partial charge in [-0.2, -0.15) is 0 Å². The van der Waals surface area contributed by atoms with Crippen LogP contribution in [-0.4, -0.2) is 25.2 Å². The number of ether oxygens (including phenoxy) is 2. The van der Waals surface area contributed by atoms with E-state index in [1.54, 1.807) is 13.0 Å². The molecule has 0 bridgehead atoms. The number of hydrogen-bond acceptors (Lipinski definition) is 4. The molecule has 6 heteroatoms. The zero-order chi connectivity index (χ0) is 22.2. The molecule has 0 saturated carbocycles. The molecule has 0 unspecified atom stereocenters. The van der Waals surface area contributed by atoms with Crippen molar-refractivity contribution < 1.29 is 19.1 Å². The van der Waals surface area contributed by atoms with E-state index >= 15 is 0 Å². The number of rotatable bonds is 9. The molecule has 2 rings (SSSR count). The highest BCUT2D eigenvalue weighted by Crippen LogP contribution is 2.14. The predicted molar refractivity (Wildman–Crippen MR) is 134 cm³/mol. The standard InChI is InChI=1S/C12H15BrO2.C12H13BrO2.CH4/c2*1-2-15-12(14)8-4-6-10-5-3-7-11(13)9-10;/h3,5,7,9H,2,4,6,8H2,1H3;3-5,7-9H,2,6H2,1H3;1H4/b;8-4+;. The van der Waals surface area contributed by atoms with Gasteiger partial charge < -0.3 is 9.47 Å². The summed E-state index contributed by atoms with van der Waals surface area (Å²) in [7, 11) is 0. The quantitative estimate of drug-likeness (QED) is 0.245. The van der Waals surface area contributed by atoms with E-state index in [0.717, 1.165) is 33.8 Å². The first-order chi connectivity index (χ1) is 14.4. The molecule has 170 valence electrons. The first-order valence-corrected chi connectivity index (χ1v) is 11.5. The summed E-state index contributed by atoms with van der Waals surface area (Å²) in [6.07, 6.45) is 6.26. The number of benzene rings is 2. The molecule has 0 spiro atoms. The average Bonchev–Trinajstić information content (AvgIpc) is 2.69. The summed E-state index contributed by atoms with van der Waals surface area (Å²) in [5.41, 5.74) is 2.40. The lowest BCUT2D eigenvalue weighted by molar-refractivity contribution is -0.143. The molecule has 0 saturated heterocycles. The summed E-state index contributed by atoms with van der Waals surface area (Å²) in [4.78, 5) is 22.1. The molecule has 0 aliphatic heterocycles. The van der Waals surface area contributed by atoms with Crippen molar-refractivity contribution in [1.29, 1.82) is 0 Å². The lowest BCUT2D eigenvalue weighted by Gasteiger charge is -2.02. The number of hydrogen-bond donors (Lipinski definition) is 0. The molecule has 0 radical (unpaired) electrons. The zero-order valence-electron chi connectivity index (χ0n) is 17.4. The van der Waals surface area contributed by atoms with Gasteiger partial charge in [-0.3, -0.25) is 4.79 Å². The third-order valence-electron chi connectivity index (χ3n) is 3.82. The van der Waals surface area contributed by atoms with Crippen molar-refractivity contribution in [1.82, 2.24) is 0 Å². The molecule has 0 aliphatic rings. The fourth-order valence-electron chi connectivity index (χ4n) is 2.51. The predicted octanol–water partition coefficient (Wildman–Crippen LogP) is 7.08. The Morgan fingerprint density at radius 2 is 1.48 bits per heavy atom. The Hall–Kier alpha value is -1.92. The van der Waals surface area contributed by atoms with Crippen LogP contribution in [0.4, 0.5) is 0 Å². The summed E-state index contributed by atoms with van der Waals surface area (Å²) < 4.78 is 11.7. The molecule has 0 atom stereocenters. The summed E-state index contributed by atoms with van der Waals surface area (Å²) >= 11 is 6.81. The lowest BCUT2D eigenvalue weighted by Crippen LogP contribution is -2.03. The largest absolute Gasteiger partial charge is 0.466 e. The second-order valence-corrected chi connectivity index (χ2v) is 8.11. The van der Waals surface area contributed by atoms with Crippen LogP contribution < -0.4 is 0 Å². The Labute approximate surface area is 203 Å². The van der Waals surface area contributed by atoms with E-state index in [-0.39, 0.29) is 19.4 Å². The Morgan fingerprint density at radius 3 is 2.06 bits per heavy atom. The van der Waals surface area contributed by atoms with E-state index in [1.807, 2.05) is 43.3 Å². The van der Waals surface area contributed by atoms with E-state index in [0.29, 0.717) is 19.6 Å². The number of halogens is 2. The summed E-state index contributed by atoms with van der Waals surface area (Å²) in [6.45, 7) is 4.50. The lowest BCUT2D eigenvalue weighted by atomic mass is 10.1. The molecule has 0 aromatic heterocycles. The third-order valence-corrected chi connectivity index (χ3v) is 4.81. The van der Waals surface area contributed by atoms with E-state index in [2.05, 4.69) is 44.0 Å². The van der Waals surface area contributed by atoms with E-state index < -0.39 is 0 Å². The Kier molecular flexibility index (Phi) is 16.6. The van der Waals surface area contributed by atoms with Crippen LogP contribution >= 0.6 is 31.9 Å². The van der Waals surface area contributed by atoms with Crippen molar-refractivity contribution in [2.75, 3.05) is 13.2 Å². The van der Waals surface area contributed by atoms with Crippen molar-refractivity contribution in [3.05, 3.63) is 80.8 Å². The zero-order valence-corrected chi connectivity index (χ0v) is 20.6. The van der Waals surface area contributed by atoms with Crippen LogP contribution in [0.3, 0.4) is 0 Å². The minimum absolute atomic E-state index is 0. The van der Waals surface area contributed by atoms with Crippen LogP contribution in [0.1, 0.15) is 45.2 Å². The molecule has 31 heavy (non-hydrogen) atoms. The highest BCUT2D eigenvalue weighted by atomic mass is 79.9. The Balaban J connectivity index is 0.000000562. The van der Waals surface area contributed by atoms with Crippen molar-refractivity contribution in [2.24, 2.45) is 0 Å². The van der Waals surface area contributed by atoms with E-state index in [1.165, 1.54) is 11.6 Å². The van der Waals surface area contributed by atoms with Crippen LogP contribution in [0.2, 0.25) is 0 Å². The molecule has 2 aromatic carbocycles. The van der Waals surface area contributed by atoms with Gasteiger partial charge in [0.05, 0.1) is 13.2 Å². The fourth-order valence-corrected chi connectivity index (χ4v) is 3.40. The van der Waals surface area contributed by atoms with Gasteiger partial charge in [0.1, 0.15) is 0 Å². The molecule has 0 aliphatic carbocycles. The minimum Gasteiger partial charge on any atom is -0.466 e. The van der Waals surface area contributed by atoms with Gasteiger partial charge in [-0.15, -0.1) is 0 Å². The highest BCUT2D eigenvalue weighted by Gasteiger charge is 2.01. The monoisotopic (exact) mass is 554 g/mol. The number of aryl methyl sites for hydroxylation is 1. The van der Waals surface area contributed by atoms with Crippen LogP contribution in [0.5, 0.6) is 0 Å². The van der Waals surface area contributed by atoms with Crippen molar-refractivity contribution in [3.63, 3.8) is 0 Å². The van der Waals surface area contributed by atoms with Gasteiger partial charge in [-0.05, 0) is 68.5 Å². The van der Waals surface area contributed by atoms with E-state index in [9.17, 15) is 9.59 Å². The summed E-state index contributed by atoms with van der Waals surface area (Å²) in [5.74, 6) is -0.389. The van der Waals surface area contributed by atoms with Gasteiger partial charge in [-0.25, -0.2) is 4.79 Å². The molecular formula is C25H32Br2O4. The first-order valence-electron chi connectivity index (χ1n) is 9.92. The normalized spacial score (nSPS) is 9.94. The molecular weight excluding hydrogens is 524 g/mol. The number of allylic oxidation sites excluding steroid dienone is 1. The Morgan fingerprint density at radius 1 is 0.903 bits per heavy atom. The maximum atomic E-state index is 11.1.